The normalized spacial score (nSPS) is 27.3. The Kier molecular flexibility index (Phi) is 13.5. The van der Waals surface area contributed by atoms with Gasteiger partial charge in [-0.3, -0.25) is 24.0 Å². The first-order chi connectivity index (χ1) is 28.0. The molecule has 0 spiro atoms. The summed E-state index contributed by atoms with van der Waals surface area (Å²) in [7, 11) is 0. The molecule has 0 saturated carbocycles. The van der Waals surface area contributed by atoms with Crippen molar-refractivity contribution in [3.8, 4) is 0 Å². The van der Waals surface area contributed by atoms with Gasteiger partial charge in [-0.15, -0.1) is 0 Å². The third-order valence-electron chi connectivity index (χ3n) is 11.6. The highest BCUT2D eigenvalue weighted by molar-refractivity contribution is 6.30. The van der Waals surface area contributed by atoms with Crippen molar-refractivity contribution >= 4 is 58.8 Å². The number of urea groups is 1. The van der Waals surface area contributed by atoms with Crippen molar-refractivity contribution in [1.82, 2.24) is 30.7 Å². The Morgan fingerprint density at radius 1 is 0.864 bits per heavy atom. The second-order valence-corrected chi connectivity index (χ2v) is 16.9. The number of ether oxygens (including phenoxy) is 1. The number of rotatable bonds is 6. The third kappa shape index (κ3) is 9.97. The van der Waals surface area contributed by atoms with E-state index in [9.17, 15) is 38.0 Å². The fraction of sp³-hybridized carbons (Fsp3) is 0.548. The molecule has 8 atom stereocenters. The van der Waals surface area contributed by atoms with E-state index in [0.717, 1.165) is 17.2 Å². The first kappa shape index (κ1) is 43.3. The molecule has 2 aromatic carbocycles. The minimum absolute atomic E-state index is 0.0432. The van der Waals surface area contributed by atoms with Crippen LogP contribution in [0.5, 0.6) is 0 Å². The highest BCUT2D eigenvalue weighted by atomic mass is 35.5. The zero-order chi connectivity index (χ0) is 42.7. The van der Waals surface area contributed by atoms with Gasteiger partial charge in [-0.25, -0.2) is 14.0 Å². The lowest BCUT2D eigenvalue weighted by atomic mass is 9.98. The molecule has 2 aromatic rings. The molecule has 59 heavy (non-hydrogen) atoms. The number of esters is 1. The number of nitrogens with zero attached hydrogens (tertiary/aromatic N) is 3. The first-order valence-corrected chi connectivity index (χ1v) is 20.7. The number of fused-ring (bicyclic) bond motifs is 3. The summed E-state index contributed by atoms with van der Waals surface area (Å²) in [6.07, 6.45) is 1.38. The van der Waals surface area contributed by atoms with E-state index < -0.39 is 89.7 Å². The number of benzene rings is 2. The van der Waals surface area contributed by atoms with Crippen molar-refractivity contribution in [2.45, 2.75) is 122 Å². The summed E-state index contributed by atoms with van der Waals surface area (Å²) >= 11 is 5.89. The number of hydrogen-bond donors (Lipinski definition) is 4. The van der Waals surface area contributed by atoms with Crippen LogP contribution < -0.4 is 21.3 Å². The molecule has 4 aliphatic rings. The third-order valence-corrected chi connectivity index (χ3v) is 11.8. The molecule has 318 valence electrons. The predicted octanol–water partition coefficient (Wildman–Crippen LogP) is 3.37. The monoisotopic (exact) mass is 837 g/mol. The molecule has 4 heterocycles. The number of aryl methyl sites for hydroxylation is 2. The highest BCUT2D eigenvalue weighted by Crippen LogP contribution is 2.29. The first-order valence-electron chi connectivity index (χ1n) is 20.3. The molecule has 4 saturated heterocycles. The van der Waals surface area contributed by atoms with E-state index >= 15 is 0 Å². The van der Waals surface area contributed by atoms with Crippen LogP contribution in [0.15, 0.2) is 36.4 Å². The lowest BCUT2D eigenvalue weighted by Gasteiger charge is -2.39. The van der Waals surface area contributed by atoms with Crippen LogP contribution >= 0.6 is 11.6 Å². The van der Waals surface area contributed by atoms with Crippen LogP contribution in [0.25, 0.3) is 0 Å². The van der Waals surface area contributed by atoms with Gasteiger partial charge in [0.05, 0.1) is 5.69 Å². The zero-order valence-corrected chi connectivity index (χ0v) is 34.8. The molecule has 0 aliphatic carbocycles. The SMILES string of the molecule is Cc1cc(C)cc(C[C@H](NC(=O)Nc2ccc(Cl)cc2F)C(=O)N[C@@H]2C(=O)N3CCC[C@H]3C(=O)N3CCCC[C@H]3C(=O)N[C@@H](C)C(=O)N3C[C@H](C)C[C@H]3C(=O)O[C@H]2C)c1. The number of carbonyl (C=O) groups is 7. The zero-order valence-electron chi connectivity index (χ0n) is 34.0. The van der Waals surface area contributed by atoms with E-state index in [1.54, 1.807) is 6.92 Å². The molecule has 4 aliphatic heterocycles. The molecule has 17 heteroatoms. The summed E-state index contributed by atoms with van der Waals surface area (Å²) < 4.78 is 20.6. The predicted molar refractivity (Wildman–Crippen MR) is 215 cm³/mol. The maximum absolute atomic E-state index is 14.8. The van der Waals surface area contributed by atoms with E-state index in [0.29, 0.717) is 37.7 Å². The number of anilines is 1. The Morgan fingerprint density at radius 2 is 1.54 bits per heavy atom. The molecule has 15 nitrogen and oxygen atoms in total. The summed E-state index contributed by atoms with van der Waals surface area (Å²) in [5.41, 5.74) is 2.30. The van der Waals surface area contributed by atoms with Gasteiger partial charge >= 0.3 is 12.0 Å². The van der Waals surface area contributed by atoms with Crippen LogP contribution in [0.4, 0.5) is 14.9 Å². The van der Waals surface area contributed by atoms with E-state index in [2.05, 4.69) is 21.3 Å². The topological polar surface area (TPSA) is 187 Å². The van der Waals surface area contributed by atoms with Gasteiger partial charge in [0.25, 0.3) is 0 Å². The lowest BCUT2D eigenvalue weighted by Crippen LogP contribution is -2.63. The lowest BCUT2D eigenvalue weighted by molar-refractivity contribution is -0.163. The van der Waals surface area contributed by atoms with Crippen molar-refractivity contribution in [1.29, 1.82) is 0 Å². The summed E-state index contributed by atoms with van der Waals surface area (Å²) in [5, 5.41) is 10.7. The number of piperidine rings is 1. The van der Waals surface area contributed by atoms with Crippen molar-refractivity contribution in [2.24, 2.45) is 5.92 Å². The van der Waals surface area contributed by atoms with Crippen molar-refractivity contribution in [3.63, 3.8) is 0 Å². The van der Waals surface area contributed by atoms with Gasteiger partial charge in [0, 0.05) is 31.1 Å². The largest absolute Gasteiger partial charge is 0.458 e. The van der Waals surface area contributed by atoms with Crippen molar-refractivity contribution in [3.05, 3.63) is 63.9 Å². The average Bonchev–Trinajstić information content (AvgIpc) is 3.83. The molecule has 0 aromatic heterocycles. The number of amides is 7. The van der Waals surface area contributed by atoms with Crippen LogP contribution in [0.1, 0.15) is 76.0 Å². The number of hydrogen-bond acceptors (Lipinski definition) is 8. The van der Waals surface area contributed by atoms with Gasteiger partial charge in [0.15, 0.2) is 0 Å². The Bertz CT molecular complexity index is 1980. The summed E-state index contributed by atoms with van der Waals surface area (Å²) in [5.74, 6) is -4.60. The van der Waals surface area contributed by atoms with Crippen LogP contribution in [0, 0.1) is 25.6 Å². The Labute approximate surface area is 348 Å². The number of carbonyl (C=O) groups excluding carboxylic acids is 7. The molecular formula is C42H53ClFN7O8. The Balaban J connectivity index is 1.34. The van der Waals surface area contributed by atoms with Gasteiger partial charge in [0.1, 0.15) is 48.2 Å². The van der Waals surface area contributed by atoms with E-state index in [1.807, 2.05) is 39.0 Å². The second kappa shape index (κ2) is 18.3. The van der Waals surface area contributed by atoms with Gasteiger partial charge in [-0.05, 0) is 95.9 Å². The van der Waals surface area contributed by atoms with Crippen LogP contribution in [0.2, 0.25) is 5.02 Å². The molecule has 0 unspecified atom stereocenters. The summed E-state index contributed by atoms with van der Waals surface area (Å²) in [6.45, 7) is 9.32. The van der Waals surface area contributed by atoms with Gasteiger partial charge in [-0.2, -0.15) is 0 Å². The van der Waals surface area contributed by atoms with Crippen molar-refractivity contribution in [2.75, 3.05) is 25.0 Å². The van der Waals surface area contributed by atoms with Crippen LogP contribution in [-0.2, 0) is 39.9 Å². The molecule has 4 fully saturated rings. The van der Waals surface area contributed by atoms with E-state index in [4.69, 9.17) is 16.3 Å². The molecule has 4 N–H and O–H groups in total. The molecule has 6 rings (SSSR count). The van der Waals surface area contributed by atoms with E-state index in [-0.39, 0.29) is 49.1 Å². The summed E-state index contributed by atoms with van der Waals surface area (Å²) in [4.78, 5) is 103. The van der Waals surface area contributed by atoms with Crippen LogP contribution in [0.3, 0.4) is 0 Å². The Morgan fingerprint density at radius 3 is 2.25 bits per heavy atom. The average molecular weight is 838 g/mol. The number of nitrogens with one attached hydrogen (secondary N) is 4. The van der Waals surface area contributed by atoms with Gasteiger partial charge < -0.3 is 40.7 Å². The standard InChI is InChI=1S/C42H53ClFN7O8/c1-22-15-23(2)17-27(16-22)19-31(47-42(58)46-30-12-11-28(43)20-29(30)44)36(52)48-35-26(5)59-41(57)34-18-24(3)21-51(34)38(54)25(4)45-37(53)32-9-6-7-13-49(32)39(55)33-10-8-14-50(33)40(35)56/h11-12,15-17,20,24-26,31-35H,6-10,13-14,18-19,21H2,1-5H3,(H,45,53)(H,48,52)(H2,46,47,58)/t24-,25+,26+,31+,32+,33+,34+,35+/m1/s1. The maximum Gasteiger partial charge on any atom is 0.329 e. The summed E-state index contributed by atoms with van der Waals surface area (Å²) in [6, 6.07) is 1.67. The maximum atomic E-state index is 14.8. The van der Waals surface area contributed by atoms with Gasteiger partial charge in [-0.1, -0.05) is 47.9 Å². The van der Waals surface area contributed by atoms with Gasteiger partial charge in [0.2, 0.25) is 29.5 Å². The van der Waals surface area contributed by atoms with E-state index in [1.165, 1.54) is 33.8 Å². The Hall–Kier alpha value is -5.25. The minimum Gasteiger partial charge on any atom is -0.458 e. The fourth-order valence-corrected chi connectivity index (χ4v) is 8.92. The fourth-order valence-electron chi connectivity index (χ4n) is 8.76. The van der Waals surface area contributed by atoms with Crippen LogP contribution in [-0.4, -0.2) is 118 Å². The minimum atomic E-state index is -1.55. The molecule has 7 amide bonds. The molecule has 0 bridgehead atoms. The van der Waals surface area contributed by atoms with Crippen molar-refractivity contribution < 1.29 is 42.7 Å². The highest BCUT2D eigenvalue weighted by Gasteiger charge is 2.47. The number of cyclic esters (lactones) is 1. The molecule has 0 radical (unpaired) electrons. The molecular weight excluding hydrogens is 785 g/mol. The quantitative estimate of drug-likeness (QED) is 0.319. The second-order valence-electron chi connectivity index (χ2n) is 16.4. The number of halogens is 2. The smallest absolute Gasteiger partial charge is 0.329 e.